The summed E-state index contributed by atoms with van der Waals surface area (Å²) in [5.41, 5.74) is 3.96. The van der Waals surface area contributed by atoms with Crippen molar-refractivity contribution in [2.24, 2.45) is 0 Å². The van der Waals surface area contributed by atoms with Crippen molar-refractivity contribution in [1.29, 1.82) is 0 Å². The molecule has 3 heteroatoms. The summed E-state index contributed by atoms with van der Waals surface area (Å²) < 4.78 is 0. The van der Waals surface area contributed by atoms with E-state index in [1.807, 2.05) is 36.4 Å². The third kappa shape index (κ3) is 3.99. The van der Waals surface area contributed by atoms with Crippen molar-refractivity contribution in [2.75, 3.05) is 11.9 Å². The molecule has 1 aliphatic carbocycles. The van der Waals surface area contributed by atoms with Crippen LogP contribution < -0.4 is 5.32 Å². The van der Waals surface area contributed by atoms with Crippen molar-refractivity contribution in [3.8, 4) is 0 Å². The molecule has 0 unspecified atom stereocenters. The van der Waals surface area contributed by atoms with E-state index in [-0.39, 0.29) is 12.5 Å². The summed E-state index contributed by atoms with van der Waals surface area (Å²) in [6.45, 7) is 0.184. The third-order valence-electron chi connectivity index (χ3n) is 4.56. The van der Waals surface area contributed by atoms with Gasteiger partial charge in [-0.1, -0.05) is 30.7 Å². The molecule has 0 atom stereocenters. The number of aliphatic hydroxyl groups excluding tert-OH is 1. The summed E-state index contributed by atoms with van der Waals surface area (Å²) in [6.07, 6.45) is 5.41. The number of amides is 1. The second kappa shape index (κ2) is 7.42. The Balaban J connectivity index is 1.64. The van der Waals surface area contributed by atoms with Gasteiger partial charge in [0, 0.05) is 17.9 Å². The Morgan fingerprint density at radius 1 is 1.13 bits per heavy atom. The van der Waals surface area contributed by atoms with Gasteiger partial charge in [0.25, 0.3) is 5.91 Å². The van der Waals surface area contributed by atoms with Gasteiger partial charge >= 0.3 is 0 Å². The highest BCUT2D eigenvalue weighted by atomic mass is 16.2. The largest absolute Gasteiger partial charge is 0.396 e. The molecule has 0 bridgehead atoms. The maximum atomic E-state index is 12.4. The molecule has 3 rings (SSSR count). The highest BCUT2D eigenvalue weighted by Gasteiger charge is 2.19. The maximum Gasteiger partial charge on any atom is 0.255 e. The molecule has 1 saturated carbocycles. The van der Waals surface area contributed by atoms with Crippen LogP contribution in [-0.2, 0) is 6.42 Å². The van der Waals surface area contributed by atoms with Crippen LogP contribution in [0.3, 0.4) is 0 Å². The highest BCUT2D eigenvalue weighted by molar-refractivity contribution is 6.04. The van der Waals surface area contributed by atoms with E-state index in [2.05, 4.69) is 17.4 Å². The number of carbonyl (C=O) groups excluding carboxylic acids is 1. The minimum absolute atomic E-state index is 0.0792. The molecule has 1 amide bonds. The Morgan fingerprint density at radius 3 is 2.57 bits per heavy atom. The van der Waals surface area contributed by atoms with Gasteiger partial charge in [0.15, 0.2) is 0 Å². The fraction of sp³-hybridized carbons (Fsp3) is 0.350. The van der Waals surface area contributed by atoms with Crippen molar-refractivity contribution in [3.63, 3.8) is 0 Å². The molecule has 120 valence electrons. The molecule has 3 nitrogen and oxygen atoms in total. The maximum absolute atomic E-state index is 12.4. The second-order valence-corrected chi connectivity index (χ2v) is 6.23. The molecular weight excluding hydrogens is 286 g/mol. The van der Waals surface area contributed by atoms with Gasteiger partial charge < -0.3 is 10.4 Å². The molecule has 1 fully saturated rings. The second-order valence-electron chi connectivity index (χ2n) is 6.23. The smallest absolute Gasteiger partial charge is 0.255 e. The highest BCUT2D eigenvalue weighted by Crippen LogP contribution is 2.36. The number of carbonyl (C=O) groups is 1. The molecule has 2 aromatic carbocycles. The van der Waals surface area contributed by atoms with E-state index < -0.39 is 0 Å². The first-order chi connectivity index (χ1) is 11.3. The number of aliphatic hydroxyl groups is 1. The van der Waals surface area contributed by atoms with Crippen LogP contribution in [0.25, 0.3) is 0 Å². The van der Waals surface area contributed by atoms with Crippen LogP contribution in [0, 0.1) is 0 Å². The van der Waals surface area contributed by atoms with Gasteiger partial charge in [-0.3, -0.25) is 4.79 Å². The van der Waals surface area contributed by atoms with E-state index in [0.29, 0.717) is 11.5 Å². The Bertz CT molecular complexity index is 660. The molecule has 0 aromatic heterocycles. The van der Waals surface area contributed by atoms with Crippen LogP contribution in [0.4, 0.5) is 5.69 Å². The number of benzene rings is 2. The lowest BCUT2D eigenvalue weighted by Crippen LogP contribution is -2.13. The van der Waals surface area contributed by atoms with Gasteiger partial charge in [0.1, 0.15) is 0 Å². The Hall–Kier alpha value is -2.13. The average Bonchev–Trinajstić information content (AvgIpc) is 2.52. The zero-order valence-electron chi connectivity index (χ0n) is 13.3. The quantitative estimate of drug-likeness (QED) is 0.843. The van der Waals surface area contributed by atoms with E-state index in [1.54, 1.807) is 0 Å². The fourth-order valence-electron chi connectivity index (χ4n) is 2.94. The zero-order valence-corrected chi connectivity index (χ0v) is 13.3. The summed E-state index contributed by atoms with van der Waals surface area (Å²) in [6, 6.07) is 15.8. The molecule has 2 aromatic rings. The normalized spacial score (nSPS) is 14.3. The summed E-state index contributed by atoms with van der Waals surface area (Å²) in [4.78, 5) is 12.4. The van der Waals surface area contributed by atoms with E-state index in [1.165, 1.54) is 24.8 Å². The van der Waals surface area contributed by atoms with E-state index in [4.69, 9.17) is 5.11 Å². The van der Waals surface area contributed by atoms with Crippen molar-refractivity contribution in [2.45, 2.75) is 38.0 Å². The average molecular weight is 309 g/mol. The molecule has 0 saturated heterocycles. The van der Waals surface area contributed by atoms with Crippen LogP contribution >= 0.6 is 0 Å². The lowest BCUT2D eigenvalue weighted by atomic mass is 9.80. The molecular formula is C20H23NO2. The number of anilines is 1. The molecule has 2 N–H and O–H groups in total. The first-order valence-corrected chi connectivity index (χ1v) is 8.37. The summed E-state index contributed by atoms with van der Waals surface area (Å²) >= 11 is 0. The van der Waals surface area contributed by atoms with Gasteiger partial charge in [0.05, 0.1) is 0 Å². The molecule has 0 heterocycles. The number of hydrogen-bond acceptors (Lipinski definition) is 2. The molecule has 0 aliphatic heterocycles. The third-order valence-corrected chi connectivity index (χ3v) is 4.56. The number of nitrogens with one attached hydrogen (secondary N) is 1. The van der Waals surface area contributed by atoms with Crippen molar-refractivity contribution < 1.29 is 9.90 Å². The number of aryl methyl sites for hydroxylation is 1. The van der Waals surface area contributed by atoms with Crippen LogP contribution in [0.2, 0.25) is 0 Å². The van der Waals surface area contributed by atoms with Crippen LogP contribution in [0.15, 0.2) is 48.5 Å². The van der Waals surface area contributed by atoms with Crippen molar-refractivity contribution in [3.05, 3.63) is 65.2 Å². The van der Waals surface area contributed by atoms with Gasteiger partial charge in [-0.15, -0.1) is 0 Å². The van der Waals surface area contributed by atoms with Crippen molar-refractivity contribution >= 4 is 11.6 Å². The van der Waals surface area contributed by atoms with E-state index in [9.17, 15) is 4.79 Å². The first-order valence-electron chi connectivity index (χ1n) is 8.37. The monoisotopic (exact) mass is 309 g/mol. The SMILES string of the molecule is O=C(Nc1cccc(CCCO)c1)c1ccc(C2CCC2)cc1. The topological polar surface area (TPSA) is 49.3 Å². The lowest BCUT2D eigenvalue weighted by molar-refractivity contribution is 0.102. The predicted molar refractivity (Wildman–Crippen MR) is 92.8 cm³/mol. The molecule has 1 aliphatic rings. The van der Waals surface area contributed by atoms with Crippen LogP contribution in [0.5, 0.6) is 0 Å². The first kappa shape index (κ1) is 15.8. The zero-order chi connectivity index (χ0) is 16.1. The summed E-state index contributed by atoms with van der Waals surface area (Å²) in [5, 5.41) is 11.9. The molecule has 23 heavy (non-hydrogen) atoms. The van der Waals surface area contributed by atoms with Gasteiger partial charge in [-0.25, -0.2) is 0 Å². The van der Waals surface area contributed by atoms with E-state index in [0.717, 1.165) is 24.1 Å². The van der Waals surface area contributed by atoms with E-state index >= 15 is 0 Å². The van der Waals surface area contributed by atoms with Crippen molar-refractivity contribution in [1.82, 2.24) is 0 Å². The lowest BCUT2D eigenvalue weighted by Gasteiger charge is -2.25. The fourth-order valence-corrected chi connectivity index (χ4v) is 2.94. The van der Waals surface area contributed by atoms with Gasteiger partial charge in [0.2, 0.25) is 0 Å². The Morgan fingerprint density at radius 2 is 1.91 bits per heavy atom. The minimum Gasteiger partial charge on any atom is -0.396 e. The summed E-state index contributed by atoms with van der Waals surface area (Å²) in [7, 11) is 0. The number of hydrogen-bond donors (Lipinski definition) is 2. The molecule has 0 spiro atoms. The standard InChI is InChI=1S/C20H23NO2/c22-13-3-5-15-4-1-8-19(14-15)21-20(23)18-11-9-17(10-12-18)16-6-2-7-16/h1,4,8-12,14,16,22H,2-3,5-7,13H2,(H,21,23). The van der Waals surface area contributed by atoms with Gasteiger partial charge in [-0.05, 0) is 67.0 Å². The predicted octanol–water partition coefficient (Wildman–Crippen LogP) is 4.13. The molecule has 0 radical (unpaired) electrons. The van der Waals surface area contributed by atoms with Gasteiger partial charge in [-0.2, -0.15) is 0 Å². The summed E-state index contributed by atoms with van der Waals surface area (Å²) in [5.74, 6) is 0.611. The van der Waals surface area contributed by atoms with Crippen LogP contribution in [-0.4, -0.2) is 17.6 Å². The van der Waals surface area contributed by atoms with Crippen LogP contribution in [0.1, 0.15) is 53.1 Å². The minimum atomic E-state index is -0.0792. The Kier molecular flexibility index (Phi) is 5.09. The Labute approximate surface area is 137 Å². The number of rotatable bonds is 6.